The summed E-state index contributed by atoms with van der Waals surface area (Å²) in [4.78, 5) is 0. The highest BCUT2D eigenvalue weighted by atomic mass is 16.3. The molecule has 0 fully saturated rings. The third-order valence-corrected chi connectivity index (χ3v) is 6.09. The molecule has 152 valence electrons. The van der Waals surface area contributed by atoms with E-state index in [9.17, 15) is 5.11 Å². The zero-order valence-corrected chi connectivity index (χ0v) is 17.4. The van der Waals surface area contributed by atoms with Crippen molar-refractivity contribution in [2.24, 2.45) is 0 Å². The van der Waals surface area contributed by atoms with Crippen LogP contribution >= 0.6 is 0 Å². The molecule has 1 atom stereocenters. The number of allylic oxidation sites excluding steroid dienone is 5. The smallest absolute Gasteiger partial charge is 0.213 e. The van der Waals surface area contributed by atoms with Crippen LogP contribution in [0.15, 0.2) is 120 Å². The van der Waals surface area contributed by atoms with Crippen LogP contribution in [0.5, 0.6) is 5.75 Å². The van der Waals surface area contributed by atoms with E-state index in [-0.39, 0.29) is 11.8 Å². The molecular formula is C29H25NO. The Morgan fingerprint density at radius 2 is 1.48 bits per heavy atom. The average Bonchev–Trinajstić information content (AvgIpc) is 2.85. The predicted molar refractivity (Wildman–Crippen MR) is 125 cm³/mol. The van der Waals surface area contributed by atoms with Gasteiger partial charge in [-0.1, -0.05) is 78.9 Å². The molecule has 1 aliphatic heterocycles. The Morgan fingerprint density at radius 1 is 0.774 bits per heavy atom. The van der Waals surface area contributed by atoms with Gasteiger partial charge in [0.15, 0.2) is 6.04 Å². The highest BCUT2D eigenvalue weighted by molar-refractivity contribution is 6.07. The molecule has 2 nitrogen and oxygen atoms in total. The zero-order valence-electron chi connectivity index (χ0n) is 17.4. The van der Waals surface area contributed by atoms with Crippen molar-refractivity contribution in [1.82, 2.24) is 0 Å². The molecule has 5 rings (SSSR count). The van der Waals surface area contributed by atoms with Crippen LogP contribution in [0.4, 0.5) is 5.69 Å². The number of nitrogens with zero attached hydrogens (tertiary/aromatic N) is 1. The maximum atomic E-state index is 11.8. The highest BCUT2D eigenvalue weighted by Crippen LogP contribution is 2.38. The summed E-state index contributed by atoms with van der Waals surface area (Å²) < 4.78 is 2.40. The molecule has 0 radical (unpaired) electrons. The first-order chi connectivity index (χ1) is 15.3. The molecule has 0 bridgehead atoms. The van der Waals surface area contributed by atoms with E-state index in [1.54, 1.807) is 12.1 Å². The van der Waals surface area contributed by atoms with E-state index in [4.69, 9.17) is 0 Å². The van der Waals surface area contributed by atoms with E-state index in [0.29, 0.717) is 0 Å². The predicted octanol–water partition coefficient (Wildman–Crippen LogP) is 6.24. The summed E-state index contributed by atoms with van der Waals surface area (Å²) in [6.45, 7) is 0. The van der Waals surface area contributed by atoms with Crippen molar-refractivity contribution in [3.8, 4) is 5.75 Å². The van der Waals surface area contributed by atoms with Crippen LogP contribution in [0.2, 0.25) is 0 Å². The lowest BCUT2D eigenvalue weighted by atomic mass is 9.85. The third-order valence-electron chi connectivity index (χ3n) is 6.09. The number of rotatable bonds is 4. The van der Waals surface area contributed by atoms with Crippen LogP contribution in [0, 0.1) is 0 Å². The van der Waals surface area contributed by atoms with Gasteiger partial charge < -0.3 is 5.11 Å². The molecule has 1 unspecified atom stereocenters. The summed E-state index contributed by atoms with van der Waals surface area (Å²) in [6.07, 6.45) is 12.1. The Bertz CT molecular complexity index is 1180. The maximum absolute atomic E-state index is 11.8. The van der Waals surface area contributed by atoms with Crippen molar-refractivity contribution in [2.75, 3.05) is 0 Å². The van der Waals surface area contributed by atoms with Crippen LogP contribution in [-0.4, -0.2) is 10.3 Å². The molecule has 1 aliphatic carbocycles. The Morgan fingerprint density at radius 3 is 2.16 bits per heavy atom. The summed E-state index contributed by atoms with van der Waals surface area (Å²) in [5.41, 5.74) is 7.49. The fourth-order valence-corrected chi connectivity index (χ4v) is 4.55. The summed E-state index contributed by atoms with van der Waals surface area (Å²) in [6, 6.07) is 28.6. The number of benzene rings is 3. The second kappa shape index (κ2) is 8.61. The van der Waals surface area contributed by atoms with Crippen LogP contribution in [0.3, 0.4) is 0 Å². The van der Waals surface area contributed by atoms with E-state index in [1.165, 1.54) is 28.0 Å². The van der Waals surface area contributed by atoms with Gasteiger partial charge in [0.1, 0.15) is 0 Å². The van der Waals surface area contributed by atoms with Gasteiger partial charge in [-0.2, -0.15) is 4.58 Å². The Labute approximate surface area is 183 Å². The SMILES string of the molecule is [O-]c1ccc([N+]2=C(c3ccccc3)C=C(C3=CC=CCC3)CC2c2ccccc2)cc1. The molecule has 31 heavy (non-hydrogen) atoms. The maximum Gasteiger partial charge on any atom is 0.213 e. The van der Waals surface area contributed by atoms with Crippen molar-refractivity contribution in [2.45, 2.75) is 25.3 Å². The lowest BCUT2D eigenvalue weighted by molar-refractivity contribution is -0.492. The molecule has 0 saturated carbocycles. The van der Waals surface area contributed by atoms with Crippen LogP contribution in [0.25, 0.3) is 0 Å². The largest absolute Gasteiger partial charge is 0.872 e. The van der Waals surface area contributed by atoms with Gasteiger partial charge in [0, 0.05) is 35.8 Å². The quantitative estimate of drug-likeness (QED) is 0.474. The minimum Gasteiger partial charge on any atom is -0.872 e. The molecule has 0 saturated heterocycles. The molecule has 1 heterocycles. The topological polar surface area (TPSA) is 26.1 Å². The lowest BCUT2D eigenvalue weighted by Crippen LogP contribution is -2.27. The molecule has 3 aromatic carbocycles. The van der Waals surface area contributed by atoms with Crippen molar-refractivity contribution < 1.29 is 9.68 Å². The Hall–Kier alpha value is -3.65. The van der Waals surface area contributed by atoms with Crippen molar-refractivity contribution in [3.05, 3.63) is 132 Å². The zero-order chi connectivity index (χ0) is 21.0. The van der Waals surface area contributed by atoms with Crippen LogP contribution in [0.1, 0.15) is 36.4 Å². The molecule has 0 N–H and O–H groups in total. The Kier molecular flexibility index (Phi) is 5.37. The molecule has 2 heteroatoms. The minimum absolute atomic E-state index is 0.0358. The van der Waals surface area contributed by atoms with Gasteiger partial charge in [0.05, 0.1) is 0 Å². The monoisotopic (exact) mass is 403 g/mol. The molecular weight excluding hydrogens is 378 g/mol. The fraction of sp³-hybridized carbons (Fsp3) is 0.138. The van der Waals surface area contributed by atoms with E-state index < -0.39 is 0 Å². The van der Waals surface area contributed by atoms with Crippen LogP contribution < -0.4 is 5.11 Å². The Balaban J connectivity index is 1.76. The van der Waals surface area contributed by atoms with E-state index >= 15 is 0 Å². The first-order valence-electron chi connectivity index (χ1n) is 10.9. The van der Waals surface area contributed by atoms with E-state index in [1.807, 2.05) is 12.1 Å². The summed E-state index contributed by atoms with van der Waals surface area (Å²) in [7, 11) is 0. The van der Waals surface area contributed by atoms with Gasteiger partial charge in [-0.3, -0.25) is 0 Å². The summed E-state index contributed by atoms with van der Waals surface area (Å²) in [5, 5.41) is 11.8. The second-order valence-corrected chi connectivity index (χ2v) is 8.07. The average molecular weight is 404 g/mol. The van der Waals surface area contributed by atoms with Crippen molar-refractivity contribution >= 4 is 11.4 Å². The normalized spacial score (nSPS) is 18.5. The minimum atomic E-state index is 0.0358. The van der Waals surface area contributed by atoms with Gasteiger partial charge in [0.25, 0.3) is 0 Å². The molecule has 0 aromatic heterocycles. The van der Waals surface area contributed by atoms with Crippen molar-refractivity contribution in [3.63, 3.8) is 0 Å². The lowest BCUT2D eigenvalue weighted by Gasteiger charge is -2.26. The fourth-order valence-electron chi connectivity index (χ4n) is 4.55. The first-order valence-corrected chi connectivity index (χ1v) is 10.9. The molecule has 2 aliphatic rings. The standard InChI is InChI=1S/C29H25NO/c31-27-18-16-26(17-19-27)30-28(23-12-6-2-7-13-23)20-25(22-10-4-1-5-11-22)21-29(30)24-14-8-3-9-15-24/h1-4,6-10,12-20,29H,5,11,21H2. The summed E-state index contributed by atoms with van der Waals surface area (Å²) >= 11 is 0. The van der Waals surface area contributed by atoms with Crippen LogP contribution in [-0.2, 0) is 0 Å². The number of hydrogen-bond acceptors (Lipinski definition) is 1. The van der Waals surface area contributed by atoms with Crippen molar-refractivity contribution in [1.29, 1.82) is 0 Å². The van der Waals surface area contributed by atoms with Gasteiger partial charge in [0.2, 0.25) is 11.4 Å². The molecule has 0 spiro atoms. The molecule has 3 aromatic rings. The van der Waals surface area contributed by atoms with Gasteiger partial charge in [-0.05, 0) is 36.1 Å². The van der Waals surface area contributed by atoms with Gasteiger partial charge >= 0.3 is 0 Å². The molecule has 0 amide bonds. The van der Waals surface area contributed by atoms with Gasteiger partial charge in [-0.15, -0.1) is 5.75 Å². The van der Waals surface area contributed by atoms with E-state index in [0.717, 1.165) is 24.9 Å². The van der Waals surface area contributed by atoms with Gasteiger partial charge in [-0.25, -0.2) is 0 Å². The number of hydrogen-bond donors (Lipinski definition) is 0. The highest BCUT2D eigenvalue weighted by Gasteiger charge is 2.35. The third kappa shape index (κ3) is 4.02. The first kappa shape index (κ1) is 19.3. The van der Waals surface area contributed by atoms with E-state index in [2.05, 4.69) is 89.5 Å². The second-order valence-electron chi connectivity index (χ2n) is 8.07. The summed E-state index contributed by atoms with van der Waals surface area (Å²) in [5.74, 6) is 0.0358.